The summed E-state index contributed by atoms with van der Waals surface area (Å²) in [4.78, 5) is 39.2. The summed E-state index contributed by atoms with van der Waals surface area (Å²) in [7, 11) is -4.20. The van der Waals surface area contributed by atoms with Gasteiger partial charge < -0.3 is 9.80 Å². The number of carbonyl (C=O) groups is 2. The first-order chi connectivity index (χ1) is 17.0. The fraction of sp³-hybridized carbons (Fsp3) is 0.409. The number of rotatable bonds is 6. The lowest BCUT2D eigenvalue weighted by atomic mass is 9.73. The zero-order chi connectivity index (χ0) is 26.1. The minimum atomic E-state index is -4.59. The molecule has 1 saturated heterocycles. The van der Waals surface area contributed by atoms with Gasteiger partial charge in [-0.3, -0.25) is 9.59 Å². The quantitative estimate of drug-likeness (QED) is 0.568. The Morgan fingerprint density at radius 1 is 1.08 bits per heavy atom. The third-order valence-electron chi connectivity index (χ3n) is 6.29. The van der Waals surface area contributed by atoms with Crippen LogP contribution in [0.3, 0.4) is 0 Å². The van der Waals surface area contributed by atoms with Crippen molar-refractivity contribution in [1.82, 2.24) is 24.6 Å². The van der Waals surface area contributed by atoms with Crippen molar-refractivity contribution in [2.75, 3.05) is 31.1 Å². The van der Waals surface area contributed by atoms with E-state index in [0.29, 0.717) is 6.42 Å². The third-order valence-corrected chi connectivity index (χ3v) is 7.56. The third kappa shape index (κ3) is 5.32. The molecule has 1 aliphatic carbocycles. The number of halogens is 3. The molecule has 2 amide bonds. The molecule has 36 heavy (non-hydrogen) atoms. The molecule has 1 aliphatic heterocycles. The first kappa shape index (κ1) is 25.5. The summed E-state index contributed by atoms with van der Waals surface area (Å²) in [5.41, 5.74) is -0.905. The Balaban J connectivity index is 1.36. The lowest BCUT2D eigenvalue weighted by molar-refractivity contribution is -0.141. The van der Waals surface area contributed by atoms with E-state index in [1.54, 1.807) is 11.0 Å². The van der Waals surface area contributed by atoms with Gasteiger partial charge in [0.25, 0.3) is 15.9 Å². The van der Waals surface area contributed by atoms with Crippen LogP contribution in [0, 0.1) is 11.8 Å². The molecule has 14 heteroatoms. The molecule has 2 aromatic heterocycles. The number of sulfonamides is 1. The van der Waals surface area contributed by atoms with Gasteiger partial charge >= 0.3 is 6.18 Å². The second-order valence-corrected chi connectivity index (χ2v) is 10.1. The van der Waals surface area contributed by atoms with Crippen molar-refractivity contribution in [3.8, 4) is 0 Å². The minimum absolute atomic E-state index is 0.0605. The van der Waals surface area contributed by atoms with Crippen LogP contribution in [0.4, 0.5) is 19.0 Å². The predicted molar refractivity (Wildman–Crippen MR) is 121 cm³/mol. The van der Waals surface area contributed by atoms with Crippen molar-refractivity contribution < 1.29 is 31.2 Å². The van der Waals surface area contributed by atoms with Crippen molar-refractivity contribution >= 4 is 27.7 Å². The van der Waals surface area contributed by atoms with E-state index in [-0.39, 0.29) is 43.5 Å². The summed E-state index contributed by atoms with van der Waals surface area (Å²) in [5, 5.41) is -0.393. The van der Waals surface area contributed by atoms with Crippen LogP contribution in [-0.4, -0.2) is 66.3 Å². The van der Waals surface area contributed by atoms with E-state index in [9.17, 15) is 31.2 Å². The van der Waals surface area contributed by atoms with Gasteiger partial charge in [0.05, 0.1) is 5.56 Å². The monoisotopic (exact) mass is 524 g/mol. The molecule has 2 aromatic rings. The van der Waals surface area contributed by atoms with Crippen LogP contribution in [0.15, 0.2) is 48.4 Å². The standard InChI is InChI=1S/C22H23F3N6O4S/c1-2-14-3-5-16(14)20(32)29-36(34,35)19-6-4-15(12-26-19)21(33)31-9-7-30(8-10-31)18-11-17(22(23,24)25)27-13-28-18/h2,4,6,11-14,16H,1,3,5,7-10H2,(H,29,32)/t14-,16-/m1/s1. The van der Waals surface area contributed by atoms with Crippen molar-refractivity contribution in [2.45, 2.75) is 24.0 Å². The Morgan fingerprint density at radius 3 is 2.36 bits per heavy atom. The van der Waals surface area contributed by atoms with Gasteiger partial charge in [-0.2, -0.15) is 21.6 Å². The van der Waals surface area contributed by atoms with E-state index in [0.717, 1.165) is 31.1 Å². The number of carbonyl (C=O) groups excluding carboxylic acids is 2. The highest BCUT2D eigenvalue weighted by Gasteiger charge is 2.37. The van der Waals surface area contributed by atoms with Gasteiger partial charge in [0.2, 0.25) is 5.91 Å². The van der Waals surface area contributed by atoms with E-state index in [2.05, 4.69) is 21.5 Å². The molecule has 1 saturated carbocycles. The predicted octanol–water partition coefficient (Wildman–Crippen LogP) is 1.87. The molecule has 192 valence electrons. The number of allylic oxidation sites excluding steroid dienone is 1. The van der Waals surface area contributed by atoms with Crippen LogP contribution in [-0.2, 0) is 21.0 Å². The van der Waals surface area contributed by atoms with Crippen molar-refractivity contribution in [3.63, 3.8) is 0 Å². The Bertz CT molecular complexity index is 1260. The van der Waals surface area contributed by atoms with Crippen molar-refractivity contribution in [1.29, 1.82) is 0 Å². The van der Waals surface area contributed by atoms with Crippen LogP contribution < -0.4 is 9.62 Å². The maximum absolute atomic E-state index is 12.9. The fourth-order valence-electron chi connectivity index (χ4n) is 4.06. The summed E-state index contributed by atoms with van der Waals surface area (Å²) in [6.45, 7) is 4.57. The van der Waals surface area contributed by atoms with Crippen molar-refractivity contribution in [3.05, 3.63) is 54.6 Å². The second kappa shape index (κ2) is 9.84. The molecule has 0 radical (unpaired) electrons. The van der Waals surface area contributed by atoms with Gasteiger partial charge in [-0.25, -0.2) is 19.7 Å². The zero-order valence-electron chi connectivity index (χ0n) is 19.0. The largest absolute Gasteiger partial charge is 0.433 e. The van der Waals surface area contributed by atoms with Crippen LogP contribution in [0.2, 0.25) is 0 Å². The number of hydrogen-bond acceptors (Lipinski definition) is 8. The molecule has 10 nitrogen and oxygen atoms in total. The first-order valence-electron chi connectivity index (χ1n) is 11.1. The molecular weight excluding hydrogens is 501 g/mol. The summed E-state index contributed by atoms with van der Waals surface area (Å²) in [6.07, 6.45) is 0.362. The minimum Gasteiger partial charge on any atom is -0.353 e. The molecule has 1 N–H and O–H groups in total. The lowest BCUT2D eigenvalue weighted by Crippen LogP contribution is -2.49. The SMILES string of the molecule is C=C[C@@H]1CC[C@H]1C(=O)NS(=O)(=O)c1ccc(C(=O)N2CCN(c3cc(C(F)(F)F)ncn3)CC2)cn1. The van der Waals surface area contributed by atoms with Gasteiger partial charge in [0, 0.05) is 44.4 Å². The number of nitrogens with zero attached hydrogens (tertiary/aromatic N) is 5. The Labute approximate surface area is 205 Å². The number of alkyl halides is 3. The summed E-state index contributed by atoms with van der Waals surface area (Å²) in [5.74, 6) is -1.41. The van der Waals surface area contributed by atoms with Gasteiger partial charge in [-0.05, 0) is 30.9 Å². The zero-order valence-corrected chi connectivity index (χ0v) is 19.8. The second-order valence-electron chi connectivity index (χ2n) is 8.48. The van der Waals surface area contributed by atoms with Crippen molar-refractivity contribution in [2.24, 2.45) is 11.8 Å². The van der Waals surface area contributed by atoms with E-state index in [1.165, 1.54) is 11.0 Å². The molecule has 2 atom stereocenters. The van der Waals surface area contributed by atoms with Gasteiger partial charge in [0.15, 0.2) is 5.03 Å². The van der Waals surface area contributed by atoms with E-state index in [1.807, 2.05) is 4.72 Å². The van der Waals surface area contributed by atoms with E-state index in [4.69, 9.17) is 0 Å². The number of anilines is 1. The van der Waals surface area contributed by atoms with Crippen LogP contribution in [0.25, 0.3) is 0 Å². The van der Waals surface area contributed by atoms with Crippen LogP contribution >= 0.6 is 0 Å². The molecule has 2 fully saturated rings. The number of amides is 2. The molecule has 0 unspecified atom stereocenters. The molecule has 3 heterocycles. The fourth-order valence-corrected chi connectivity index (χ4v) is 5.02. The highest BCUT2D eigenvalue weighted by atomic mass is 32.2. The molecule has 0 bridgehead atoms. The molecule has 0 aromatic carbocycles. The molecule has 2 aliphatic rings. The van der Waals surface area contributed by atoms with Gasteiger partial charge in [0.1, 0.15) is 17.8 Å². The topological polar surface area (TPSA) is 125 Å². The average molecular weight is 525 g/mol. The summed E-state index contributed by atoms with van der Waals surface area (Å²) >= 11 is 0. The maximum Gasteiger partial charge on any atom is 0.433 e. The first-order valence-corrected chi connectivity index (χ1v) is 12.6. The van der Waals surface area contributed by atoms with Crippen LogP contribution in [0.5, 0.6) is 0 Å². The number of hydrogen-bond donors (Lipinski definition) is 1. The van der Waals surface area contributed by atoms with Gasteiger partial charge in [-0.1, -0.05) is 6.08 Å². The normalized spacial score (nSPS) is 20.4. The molecule has 4 rings (SSSR count). The Kier molecular flexibility index (Phi) is 6.98. The average Bonchev–Trinajstić information content (AvgIpc) is 2.82. The number of aromatic nitrogens is 3. The Morgan fingerprint density at radius 2 is 1.81 bits per heavy atom. The van der Waals surface area contributed by atoms with E-state index >= 15 is 0 Å². The van der Waals surface area contributed by atoms with Crippen LogP contribution in [0.1, 0.15) is 28.9 Å². The Hall–Kier alpha value is -3.55. The smallest absolute Gasteiger partial charge is 0.353 e. The lowest BCUT2D eigenvalue weighted by Gasteiger charge is -2.35. The summed E-state index contributed by atoms with van der Waals surface area (Å²) in [6, 6.07) is 3.31. The van der Waals surface area contributed by atoms with Gasteiger partial charge in [-0.15, -0.1) is 6.58 Å². The number of pyridine rings is 1. The molecular formula is C22H23F3N6O4S. The highest BCUT2D eigenvalue weighted by molar-refractivity contribution is 7.90. The van der Waals surface area contributed by atoms with E-state index < -0.39 is 44.7 Å². The highest BCUT2D eigenvalue weighted by Crippen LogP contribution is 2.35. The summed E-state index contributed by atoms with van der Waals surface area (Å²) < 4.78 is 65.8. The number of nitrogens with one attached hydrogen (secondary N) is 1. The number of piperazine rings is 1. The molecule has 0 spiro atoms. The maximum atomic E-state index is 12.9.